The number of piperazine rings is 1. The van der Waals surface area contributed by atoms with Crippen molar-refractivity contribution in [1.29, 1.82) is 0 Å². The van der Waals surface area contributed by atoms with E-state index in [1.807, 2.05) is 38.1 Å². The molecule has 2 unspecified atom stereocenters. The first-order chi connectivity index (χ1) is 21.8. The van der Waals surface area contributed by atoms with Gasteiger partial charge in [0.25, 0.3) is 11.5 Å². The Hall–Kier alpha value is -3.04. The van der Waals surface area contributed by atoms with Crippen LogP contribution in [0.15, 0.2) is 35.1 Å². The summed E-state index contributed by atoms with van der Waals surface area (Å²) in [7, 11) is -1.90. The molecule has 5 rings (SSSR count). The van der Waals surface area contributed by atoms with Crippen molar-refractivity contribution in [3.63, 3.8) is 0 Å². The predicted molar refractivity (Wildman–Crippen MR) is 175 cm³/mol. The van der Waals surface area contributed by atoms with Crippen molar-refractivity contribution in [2.45, 2.75) is 69.8 Å². The van der Waals surface area contributed by atoms with E-state index in [4.69, 9.17) is 4.74 Å². The molecule has 2 aromatic rings. The van der Waals surface area contributed by atoms with E-state index in [0.717, 1.165) is 36.6 Å². The standard InChI is InChI=1S/C32H48N6O7S/c1-22(2)38-29-8-6-5-7-23(29)17-28(31(38)41)30(40)33-24-18-25-9-10-26(19-24)37(25)21-27(39)20-35(32(42)45-3)14-11-34-12-15-36(16-13-34)46(4,43)44/h5-8,17,22,24-27,39H,9-16,18-21H2,1-4H3,(H,33,40)/t24?,25-,26+,27?. The molecule has 3 saturated heterocycles. The van der Waals surface area contributed by atoms with Crippen LogP contribution in [0.3, 0.4) is 0 Å². The van der Waals surface area contributed by atoms with Crippen LogP contribution in [0.25, 0.3) is 10.9 Å². The van der Waals surface area contributed by atoms with Crippen molar-refractivity contribution in [3.8, 4) is 0 Å². The van der Waals surface area contributed by atoms with Gasteiger partial charge in [-0.15, -0.1) is 0 Å². The van der Waals surface area contributed by atoms with E-state index in [2.05, 4.69) is 15.1 Å². The molecule has 0 radical (unpaired) electrons. The first-order valence-electron chi connectivity index (χ1n) is 16.2. The first kappa shape index (κ1) is 34.3. The number of aliphatic hydroxyl groups is 1. The van der Waals surface area contributed by atoms with Crippen LogP contribution in [0, 0.1) is 0 Å². The van der Waals surface area contributed by atoms with E-state index in [-0.39, 0.29) is 47.7 Å². The zero-order valence-electron chi connectivity index (χ0n) is 27.3. The Kier molecular flexibility index (Phi) is 10.7. The number of aromatic nitrogens is 1. The van der Waals surface area contributed by atoms with Gasteiger partial charge in [0.1, 0.15) is 5.56 Å². The number of carbonyl (C=O) groups is 2. The molecule has 0 aliphatic carbocycles. The summed E-state index contributed by atoms with van der Waals surface area (Å²) in [5, 5.41) is 15.1. The third-order valence-corrected chi connectivity index (χ3v) is 11.0. The number of methoxy groups -OCH3 is 1. The SMILES string of the molecule is COC(=O)N(CCN1CCN(S(C)(=O)=O)CC1)CC(O)CN1[C@@H]2CC[C@H]1CC(NC(=O)c1cc3ccccc3n(C(C)C)c1=O)C2. The molecular formula is C32H48N6O7S. The quantitative estimate of drug-likeness (QED) is 0.365. The Labute approximate surface area is 271 Å². The van der Waals surface area contributed by atoms with Crippen LogP contribution in [0.4, 0.5) is 4.79 Å². The smallest absolute Gasteiger partial charge is 0.409 e. The van der Waals surface area contributed by atoms with Crippen molar-refractivity contribution in [2.24, 2.45) is 0 Å². The van der Waals surface area contributed by atoms with Crippen LogP contribution in [-0.2, 0) is 14.8 Å². The molecule has 3 aliphatic rings. The molecule has 4 atom stereocenters. The van der Waals surface area contributed by atoms with Crippen molar-refractivity contribution in [1.82, 2.24) is 28.9 Å². The molecule has 13 nitrogen and oxygen atoms in total. The van der Waals surface area contributed by atoms with E-state index in [1.165, 1.54) is 22.6 Å². The molecule has 3 aliphatic heterocycles. The molecule has 2 N–H and O–H groups in total. The van der Waals surface area contributed by atoms with Crippen molar-refractivity contribution >= 4 is 32.9 Å². The zero-order chi connectivity index (χ0) is 33.2. The molecule has 254 valence electrons. The normalized spacial score (nSPS) is 23.5. The van der Waals surface area contributed by atoms with Gasteiger partial charge in [-0.25, -0.2) is 13.2 Å². The lowest BCUT2D eigenvalue weighted by molar-refractivity contribution is 0.0292. The molecule has 3 fully saturated rings. The highest BCUT2D eigenvalue weighted by Crippen LogP contribution is 2.36. The minimum Gasteiger partial charge on any atom is -0.453 e. The van der Waals surface area contributed by atoms with E-state index >= 15 is 0 Å². The minimum atomic E-state index is -3.22. The lowest BCUT2D eigenvalue weighted by Gasteiger charge is -2.40. The molecule has 46 heavy (non-hydrogen) atoms. The molecule has 0 saturated carbocycles. The van der Waals surface area contributed by atoms with Crippen LogP contribution < -0.4 is 10.9 Å². The van der Waals surface area contributed by atoms with Crippen LogP contribution in [0.1, 0.15) is 55.9 Å². The summed E-state index contributed by atoms with van der Waals surface area (Å²) >= 11 is 0. The maximum absolute atomic E-state index is 13.4. The van der Waals surface area contributed by atoms with Gasteiger partial charge in [0.05, 0.1) is 31.5 Å². The average molecular weight is 661 g/mol. The van der Waals surface area contributed by atoms with Gasteiger partial charge in [-0.05, 0) is 57.0 Å². The monoisotopic (exact) mass is 660 g/mol. The number of nitrogens with one attached hydrogen (secondary N) is 1. The van der Waals surface area contributed by atoms with Crippen LogP contribution in [0.5, 0.6) is 0 Å². The number of hydrogen-bond donors (Lipinski definition) is 2. The number of carbonyl (C=O) groups excluding carboxylic acids is 2. The van der Waals surface area contributed by atoms with Gasteiger partial charge < -0.3 is 24.6 Å². The molecule has 0 spiro atoms. The fourth-order valence-corrected chi connectivity index (χ4v) is 8.23. The number of hydrogen-bond acceptors (Lipinski definition) is 9. The highest BCUT2D eigenvalue weighted by Gasteiger charge is 2.42. The number of amides is 2. The number of benzene rings is 1. The van der Waals surface area contributed by atoms with Crippen LogP contribution >= 0.6 is 0 Å². The highest BCUT2D eigenvalue weighted by molar-refractivity contribution is 7.88. The van der Waals surface area contributed by atoms with E-state index in [0.29, 0.717) is 45.8 Å². The third-order valence-electron chi connectivity index (χ3n) is 9.70. The summed E-state index contributed by atoms with van der Waals surface area (Å²) in [6.45, 7) is 7.29. The van der Waals surface area contributed by atoms with Crippen molar-refractivity contribution < 1.29 is 27.9 Å². The van der Waals surface area contributed by atoms with Gasteiger partial charge in [0.15, 0.2) is 0 Å². The Morgan fingerprint density at radius 2 is 1.74 bits per heavy atom. The summed E-state index contributed by atoms with van der Waals surface area (Å²) in [6.07, 6.45) is 3.28. The van der Waals surface area contributed by atoms with Gasteiger partial charge >= 0.3 is 6.09 Å². The second kappa shape index (κ2) is 14.4. The number of sulfonamides is 1. The Morgan fingerprint density at radius 1 is 1.09 bits per heavy atom. The topological polar surface area (TPSA) is 145 Å². The largest absolute Gasteiger partial charge is 0.453 e. The van der Waals surface area contributed by atoms with E-state index in [1.54, 1.807) is 10.6 Å². The Bertz CT molecular complexity index is 1560. The summed E-state index contributed by atoms with van der Waals surface area (Å²) < 4.78 is 31.7. The van der Waals surface area contributed by atoms with Crippen LogP contribution in [0.2, 0.25) is 0 Å². The second-order valence-corrected chi connectivity index (χ2v) is 15.2. The predicted octanol–water partition coefficient (Wildman–Crippen LogP) is 1.31. The number of para-hydroxylation sites is 1. The van der Waals surface area contributed by atoms with Gasteiger partial charge in [0, 0.05) is 70.0 Å². The molecule has 1 aromatic carbocycles. The number of aliphatic hydroxyl groups excluding tert-OH is 1. The van der Waals surface area contributed by atoms with Gasteiger partial charge in [-0.2, -0.15) is 4.31 Å². The van der Waals surface area contributed by atoms with E-state index < -0.39 is 22.2 Å². The average Bonchev–Trinajstić information content (AvgIpc) is 3.23. The fourth-order valence-electron chi connectivity index (χ4n) is 7.40. The zero-order valence-corrected chi connectivity index (χ0v) is 28.1. The van der Waals surface area contributed by atoms with Gasteiger partial charge in [-0.3, -0.25) is 19.4 Å². The molecular weight excluding hydrogens is 612 g/mol. The number of nitrogens with zero attached hydrogens (tertiary/aromatic N) is 5. The summed E-state index contributed by atoms with van der Waals surface area (Å²) in [5.41, 5.74) is 0.668. The van der Waals surface area contributed by atoms with E-state index in [9.17, 15) is 27.9 Å². The molecule has 2 bridgehead atoms. The lowest BCUT2D eigenvalue weighted by Crippen LogP contribution is -2.54. The number of fused-ring (bicyclic) bond motifs is 3. The number of ether oxygens (including phenoxy) is 1. The number of pyridine rings is 1. The lowest BCUT2D eigenvalue weighted by atomic mass is 9.96. The Morgan fingerprint density at radius 3 is 2.35 bits per heavy atom. The maximum atomic E-state index is 13.4. The first-order valence-corrected chi connectivity index (χ1v) is 18.1. The van der Waals surface area contributed by atoms with Crippen LogP contribution in [-0.4, -0.2) is 139 Å². The maximum Gasteiger partial charge on any atom is 0.409 e. The molecule has 1 aromatic heterocycles. The molecule has 14 heteroatoms. The number of rotatable bonds is 11. The van der Waals surface area contributed by atoms with Crippen molar-refractivity contribution in [2.75, 3.05) is 65.7 Å². The van der Waals surface area contributed by atoms with Gasteiger partial charge in [0.2, 0.25) is 10.0 Å². The Balaban J connectivity index is 1.15. The summed E-state index contributed by atoms with van der Waals surface area (Å²) in [5.74, 6) is -0.352. The van der Waals surface area contributed by atoms with Crippen molar-refractivity contribution in [3.05, 3.63) is 46.2 Å². The number of piperidine rings is 1. The fraction of sp³-hybridized carbons (Fsp3) is 0.656. The summed E-state index contributed by atoms with van der Waals surface area (Å²) in [6, 6.07) is 9.48. The molecule has 4 heterocycles. The summed E-state index contributed by atoms with van der Waals surface area (Å²) in [4.78, 5) is 45.3. The second-order valence-electron chi connectivity index (χ2n) is 13.2. The highest BCUT2D eigenvalue weighted by atomic mass is 32.2. The van der Waals surface area contributed by atoms with Gasteiger partial charge in [-0.1, -0.05) is 18.2 Å². The minimum absolute atomic E-state index is 0.0773. The third kappa shape index (κ3) is 7.73. The molecule has 2 amide bonds.